The second kappa shape index (κ2) is 7.36. The first-order valence-corrected chi connectivity index (χ1v) is 10.1. The third-order valence-corrected chi connectivity index (χ3v) is 5.43. The Morgan fingerprint density at radius 3 is 2.41 bits per heavy atom. The largest absolute Gasteiger partial charge is 0.339 e. The average Bonchev–Trinajstić information content (AvgIpc) is 3.25. The molecule has 0 fully saturated rings. The Bertz CT molecular complexity index is 1010. The molecule has 0 radical (unpaired) electrons. The first kappa shape index (κ1) is 19.2. The summed E-state index contributed by atoms with van der Waals surface area (Å²) in [7, 11) is 0. The molecule has 29 heavy (non-hydrogen) atoms. The number of amidine groups is 1. The molecule has 2 aliphatic rings. The van der Waals surface area contributed by atoms with Crippen molar-refractivity contribution in [2.24, 2.45) is 4.99 Å². The number of para-hydroxylation sites is 1. The van der Waals surface area contributed by atoms with Gasteiger partial charge in [0, 0.05) is 23.0 Å². The number of carbonyl (C=O) groups is 1. The molecule has 4 rings (SSSR count). The summed E-state index contributed by atoms with van der Waals surface area (Å²) in [5.74, 6) is 0.452. The van der Waals surface area contributed by atoms with Gasteiger partial charge in [-0.2, -0.15) is 0 Å². The number of rotatable bonds is 3. The first-order valence-electron chi connectivity index (χ1n) is 10.1. The molecule has 2 aromatic rings. The number of amides is 1. The van der Waals surface area contributed by atoms with Crippen LogP contribution in [0.25, 0.3) is 0 Å². The van der Waals surface area contributed by atoms with Crippen molar-refractivity contribution in [1.82, 2.24) is 5.32 Å². The number of hydrogen-bond acceptors (Lipinski definition) is 3. The minimum atomic E-state index is -0.159. The van der Waals surface area contributed by atoms with Crippen molar-refractivity contribution in [2.45, 2.75) is 45.6 Å². The van der Waals surface area contributed by atoms with E-state index in [0.717, 1.165) is 23.4 Å². The van der Waals surface area contributed by atoms with Crippen LogP contribution in [0.5, 0.6) is 0 Å². The average molecular weight is 386 g/mol. The van der Waals surface area contributed by atoms with Crippen LogP contribution in [0.15, 0.2) is 83.1 Å². The zero-order valence-electron chi connectivity index (χ0n) is 17.4. The van der Waals surface area contributed by atoms with Crippen LogP contribution < -0.4 is 10.2 Å². The predicted molar refractivity (Wildman–Crippen MR) is 119 cm³/mol. The Hall–Kier alpha value is -3.14. The minimum absolute atomic E-state index is 0.0941. The van der Waals surface area contributed by atoms with Gasteiger partial charge in [0.15, 0.2) is 0 Å². The third kappa shape index (κ3) is 3.88. The Kier molecular flexibility index (Phi) is 4.87. The Labute approximate surface area is 172 Å². The van der Waals surface area contributed by atoms with Gasteiger partial charge in [0.25, 0.3) is 5.91 Å². The minimum Gasteiger partial charge on any atom is -0.339 e. The van der Waals surface area contributed by atoms with Crippen LogP contribution in [0.3, 0.4) is 0 Å². The lowest BCUT2D eigenvalue weighted by molar-refractivity contribution is -0.115. The quantitative estimate of drug-likeness (QED) is 0.762. The van der Waals surface area contributed by atoms with E-state index in [9.17, 15) is 4.79 Å². The fraction of sp³-hybridized carbons (Fsp3) is 0.280. The SMILES string of the molecule is CC1CC=C(/C=C2/N=C(c3ccc(C(C)(C)C)cc3)NC2=O)N1c1ccccc1. The van der Waals surface area contributed by atoms with Gasteiger partial charge in [0.1, 0.15) is 11.5 Å². The second-order valence-corrected chi connectivity index (χ2v) is 8.69. The van der Waals surface area contributed by atoms with Crippen molar-refractivity contribution in [3.05, 3.63) is 89.3 Å². The van der Waals surface area contributed by atoms with Gasteiger partial charge in [-0.05, 0) is 42.5 Å². The number of hydrogen-bond donors (Lipinski definition) is 1. The van der Waals surface area contributed by atoms with Crippen molar-refractivity contribution in [3.63, 3.8) is 0 Å². The Morgan fingerprint density at radius 2 is 1.76 bits per heavy atom. The summed E-state index contributed by atoms with van der Waals surface area (Å²) in [6.45, 7) is 8.75. The van der Waals surface area contributed by atoms with Crippen LogP contribution in [0, 0.1) is 0 Å². The molecule has 0 saturated heterocycles. The van der Waals surface area contributed by atoms with E-state index in [4.69, 9.17) is 0 Å². The Balaban J connectivity index is 1.61. The van der Waals surface area contributed by atoms with Crippen LogP contribution in [0.2, 0.25) is 0 Å². The molecule has 0 aromatic heterocycles. The molecule has 148 valence electrons. The van der Waals surface area contributed by atoms with Gasteiger partial charge in [-0.25, -0.2) is 4.99 Å². The van der Waals surface area contributed by atoms with E-state index < -0.39 is 0 Å². The van der Waals surface area contributed by atoms with Gasteiger partial charge in [0.05, 0.1) is 0 Å². The molecule has 0 spiro atoms. The summed E-state index contributed by atoms with van der Waals surface area (Å²) >= 11 is 0. The summed E-state index contributed by atoms with van der Waals surface area (Å²) in [5.41, 5.74) is 4.86. The summed E-state index contributed by atoms with van der Waals surface area (Å²) < 4.78 is 0. The van der Waals surface area contributed by atoms with Crippen molar-refractivity contribution >= 4 is 17.4 Å². The number of allylic oxidation sites excluding steroid dienone is 1. The molecular formula is C25H27N3O. The molecular weight excluding hydrogens is 358 g/mol. The van der Waals surface area contributed by atoms with Crippen molar-refractivity contribution in [2.75, 3.05) is 4.90 Å². The molecule has 1 N–H and O–H groups in total. The highest BCUT2D eigenvalue weighted by Gasteiger charge is 2.26. The molecule has 1 atom stereocenters. The maximum Gasteiger partial charge on any atom is 0.275 e. The summed E-state index contributed by atoms with van der Waals surface area (Å²) in [5, 5.41) is 2.92. The molecule has 2 aliphatic heterocycles. The zero-order chi connectivity index (χ0) is 20.6. The third-order valence-electron chi connectivity index (χ3n) is 5.43. The number of carbonyl (C=O) groups excluding carboxylic acids is 1. The molecule has 1 unspecified atom stereocenters. The van der Waals surface area contributed by atoms with E-state index in [2.05, 4.69) is 73.2 Å². The number of nitrogens with zero attached hydrogens (tertiary/aromatic N) is 2. The molecule has 4 heteroatoms. The number of anilines is 1. The van der Waals surface area contributed by atoms with Crippen molar-refractivity contribution in [3.8, 4) is 0 Å². The van der Waals surface area contributed by atoms with E-state index in [1.807, 2.05) is 36.4 Å². The second-order valence-electron chi connectivity index (χ2n) is 8.69. The topological polar surface area (TPSA) is 44.7 Å². The normalized spacial score (nSPS) is 20.7. The highest BCUT2D eigenvalue weighted by molar-refractivity contribution is 6.18. The van der Waals surface area contributed by atoms with Gasteiger partial charge in [-0.1, -0.05) is 69.3 Å². The van der Waals surface area contributed by atoms with Gasteiger partial charge in [-0.15, -0.1) is 0 Å². The van der Waals surface area contributed by atoms with Crippen molar-refractivity contribution in [1.29, 1.82) is 0 Å². The van der Waals surface area contributed by atoms with E-state index in [-0.39, 0.29) is 11.3 Å². The van der Waals surface area contributed by atoms with Crippen molar-refractivity contribution < 1.29 is 4.79 Å². The Morgan fingerprint density at radius 1 is 1.07 bits per heavy atom. The molecule has 1 amide bonds. The predicted octanol–water partition coefficient (Wildman–Crippen LogP) is 4.93. The maximum atomic E-state index is 12.6. The van der Waals surface area contributed by atoms with E-state index in [0.29, 0.717) is 17.6 Å². The number of aliphatic imine (C=N–C) groups is 1. The lowest BCUT2D eigenvalue weighted by atomic mass is 9.86. The molecule has 0 saturated carbocycles. The molecule has 0 bridgehead atoms. The van der Waals surface area contributed by atoms with Crippen LogP contribution in [0.4, 0.5) is 5.69 Å². The fourth-order valence-corrected chi connectivity index (χ4v) is 3.74. The number of nitrogens with one attached hydrogen (secondary N) is 1. The van der Waals surface area contributed by atoms with E-state index >= 15 is 0 Å². The van der Waals surface area contributed by atoms with Crippen LogP contribution in [0.1, 0.15) is 45.2 Å². The summed E-state index contributed by atoms with van der Waals surface area (Å²) in [6.07, 6.45) is 5.01. The summed E-state index contributed by atoms with van der Waals surface area (Å²) in [4.78, 5) is 19.4. The monoisotopic (exact) mass is 385 g/mol. The van der Waals surface area contributed by atoms with Gasteiger partial charge in [0.2, 0.25) is 0 Å². The van der Waals surface area contributed by atoms with E-state index in [1.54, 1.807) is 0 Å². The highest BCUT2D eigenvalue weighted by Crippen LogP contribution is 2.31. The molecule has 2 heterocycles. The molecule has 0 aliphatic carbocycles. The number of benzene rings is 2. The van der Waals surface area contributed by atoms with E-state index in [1.165, 1.54) is 5.56 Å². The lowest BCUT2D eigenvalue weighted by Crippen LogP contribution is -2.27. The van der Waals surface area contributed by atoms with Gasteiger partial charge in [-0.3, -0.25) is 4.79 Å². The fourth-order valence-electron chi connectivity index (χ4n) is 3.74. The highest BCUT2D eigenvalue weighted by atomic mass is 16.2. The first-order chi connectivity index (χ1) is 13.8. The smallest absolute Gasteiger partial charge is 0.275 e. The van der Waals surface area contributed by atoms with Crippen LogP contribution >= 0.6 is 0 Å². The van der Waals surface area contributed by atoms with Gasteiger partial charge < -0.3 is 10.2 Å². The van der Waals surface area contributed by atoms with Crippen LogP contribution in [-0.2, 0) is 10.2 Å². The van der Waals surface area contributed by atoms with Crippen LogP contribution in [-0.4, -0.2) is 17.8 Å². The van der Waals surface area contributed by atoms with Gasteiger partial charge >= 0.3 is 0 Å². The zero-order valence-corrected chi connectivity index (χ0v) is 17.4. The molecule has 4 nitrogen and oxygen atoms in total. The molecule has 2 aromatic carbocycles. The lowest BCUT2D eigenvalue weighted by Gasteiger charge is -2.26. The summed E-state index contributed by atoms with van der Waals surface area (Å²) in [6, 6.07) is 18.9. The standard InChI is InChI=1S/C25H27N3O/c1-17-10-15-21(28(17)20-8-6-5-7-9-20)16-22-24(29)27-23(26-22)18-11-13-19(14-12-18)25(2,3)4/h5-9,11-17H,10H2,1-4H3,(H,26,27,29)/b22-16+. The maximum absolute atomic E-state index is 12.6.